The SMILES string of the molecule is OC(CN(C1CCCC1)C1CC1)c1ccccc1F. The van der Waals surface area contributed by atoms with Crippen LogP contribution in [0.25, 0.3) is 0 Å². The smallest absolute Gasteiger partial charge is 0.129 e. The maximum absolute atomic E-state index is 13.7. The van der Waals surface area contributed by atoms with E-state index in [0.29, 0.717) is 24.2 Å². The van der Waals surface area contributed by atoms with Gasteiger partial charge in [0.1, 0.15) is 5.82 Å². The van der Waals surface area contributed by atoms with Crippen molar-refractivity contribution >= 4 is 0 Å². The molecule has 104 valence electrons. The first-order chi connectivity index (χ1) is 9.25. The number of nitrogens with zero attached hydrogens (tertiary/aromatic N) is 1. The molecule has 0 saturated heterocycles. The van der Waals surface area contributed by atoms with Crippen molar-refractivity contribution < 1.29 is 9.50 Å². The van der Waals surface area contributed by atoms with E-state index in [1.807, 2.05) is 0 Å². The van der Waals surface area contributed by atoms with Gasteiger partial charge >= 0.3 is 0 Å². The van der Waals surface area contributed by atoms with Crippen molar-refractivity contribution in [3.8, 4) is 0 Å². The molecule has 0 heterocycles. The topological polar surface area (TPSA) is 23.5 Å². The number of hydrogen-bond acceptors (Lipinski definition) is 2. The molecule has 0 spiro atoms. The fraction of sp³-hybridized carbons (Fsp3) is 0.625. The number of aliphatic hydroxyl groups excluding tert-OH is 1. The van der Waals surface area contributed by atoms with Crippen LogP contribution in [0.4, 0.5) is 4.39 Å². The summed E-state index contributed by atoms with van der Waals surface area (Å²) in [5, 5.41) is 10.3. The highest BCUT2D eigenvalue weighted by molar-refractivity contribution is 5.20. The van der Waals surface area contributed by atoms with Crippen molar-refractivity contribution in [3.05, 3.63) is 35.6 Å². The van der Waals surface area contributed by atoms with Crippen LogP contribution >= 0.6 is 0 Å². The van der Waals surface area contributed by atoms with E-state index in [0.717, 1.165) is 0 Å². The van der Waals surface area contributed by atoms with Gasteiger partial charge in [-0.15, -0.1) is 0 Å². The molecular formula is C16H22FNO. The maximum Gasteiger partial charge on any atom is 0.129 e. The highest BCUT2D eigenvalue weighted by Gasteiger charge is 2.36. The second-order valence-electron chi connectivity index (χ2n) is 5.90. The average Bonchev–Trinajstić information content (AvgIpc) is 3.11. The Morgan fingerprint density at radius 1 is 1.11 bits per heavy atom. The molecule has 2 fully saturated rings. The largest absolute Gasteiger partial charge is 0.387 e. The summed E-state index contributed by atoms with van der Waals surface area (Å²) in [6, 6.07) is 7.81. The average molecular weight is 263 g/mol. The third kappa shape index (κ3) is 2.98. The number of aliphatic hydroxyl groups is 1. The van der Waals surface area contributed by atoms with E-state index >= 15 is 0 Å². The molecular weight excluding hydrogens is 241 g/mol. The van der Waals surface area contributed by atoms with Crippen molar-refractivity contribution in [3.63, 3.8) is 0 Å². The number of hydrogen-bond donors (Lipinski definition) is 1. The van der Waals surface area contributed by atoms with Gasteiger partial charge in [0.25, 0.3) is 0 Å². The summed E-state index contributed by atoms with van der Waals surface area (Å²) < 4.78 is 13.7. The lowest BCUT2D eigenvalue weighted by Gasteiger charge is -2.31. The van der Waals surface area contributed by atoms with E-state index in [2.05, 4.69) is 4.90 Å². The Morgan fingerprint density at radius 3 is 2.37 bits per heavy atom. The Balaban J connectivity index is 1.69. The monoisotopic (exact) mass is 263 g/mol. The van der Waals surface area contributed by atoms with E-state index < -0.39 is 6.10 Å². The summed E-state index contributed by atoms with van der Waals surface area (Å²) in [5.41, 5.74) is 0.436. The molecule has 0 aliphatic heterocycles. The minimum atomic E-state index is -0.706. The normalized spacial score (nSPS) is 22.1. The van der Waals surface area contributed by atoms with Crippen LogP contribution in [-0.2, 0) is 0 Å². The zero-order valence-electron chi connectivity index (χ0n) is 11.3. The Kier molecular flexibility index (Phi) is 3.85. The Hall–Kier alpha value is -0.930. The van der Waals surface area contributed by atoms with Gasteiger partial charge in [0.05, 0.1) is 6.10 Å². The standard InChI is InChI=1S/C16H22FNO/c17-15-8-4-3-7-14(15)16(19)11-18(13-9-10-13)12-5-1-2-6-12/h3-4,7-8,12-13,16,19H,1-2,5-6,9-11H2. The lowest BCUT2D eigenvalue weighted by molar-refractivity contribution is 0.0799. The van der Waals surface area contributed by atoms with Gasteiger partial charge in [-0.2, -0.15) is 0 Å². The second kappa shape index (κ2) is 5.59. The number of benzene rings is 1. The molecule has 0 amide bonds. The zero-order chi connectivity index (χ0) is 13.2. The molecule has 0 bridgehead atoms. The van der Waals surface area contributed by atoms with Crippen molar-refractivity contribution in [2.75, 3.05) is 6.54 Å². The van der Waals surface area contributed by atoms with Crippen LogP contribution in [0, 0.1) is 5.82 Å². The predicted molar refractivity (Wildman–Crippen MR) is 73.3 cm³/mol. The Bertz CT molecular complexity index is 427. The van der Waals surface area contributed by atoms with Crippen LogP contribution in [0.5, 0.6) is 0 Å². The molecule has 2 aliphatic rings. The van der Waals surface area contributed by atoms with Gasteiger partial charge in [0.15, 0.2) is 0 Å². The van der Waals surface area contributed by atoms with Gasteiger partial charge in [-0.3, -0.25) is 4.90 Å². The molecule has 1 unspecified atom stereocenters. The van der Waals surface area contributed by atoms with Crippen LogP contribution in [0.2, 0.25) is 0 Å². The van der Waals surface area contributed by atoms with Crippen molar-refractivity contribution in [1.29, 1.82) is 0 Å². The molecule has 1 aromatic carbocycles. The molecule has 1 atom stereocenters. The molecule has 2 nitrogen and oxygen atoms in total. The zero-order valence-corrected chi connectivity index (χ0v) is 11.3. The van der Waals surface area contributed by atoms with Crippen LogP contribution in [0.3, 0.4) is 0 Å². The molecule has 2 saturated carbocycles. The van der Waals surface area contributed by atoms with Gasteiger partial charge in [0, 0.05) is 24.2 Å². The van der Waals surface area contributed by atoms with Crippen LogP contribution in [0.1, 0.15) is 50.2 Å². The van der Waals surface area contributed by atoms with Gasteiger partial charge in [-0.1, -0.05) is 31.0 Å². The van der Waals surface area contributed by atoms with E-state index in [9.17, 15) is 9.50 Å². The third-order valence-electron chi connectivity index (χ3n) is 4.46. The fourth-order valence-electron chi connectivity index (χ4n) is 3.28. The fourth-order valence-corrected chi connectivity index (χ4v) is 3.28. The van der Waals surface area contributed by atoms with Crippen LogP contribution in [0.15, 0.2) is 24.3 Å². The first-order valence-corrected chi connectivity index (χ1v) is 7.44. The summed E-state index contributed by atoms with van der Waals surface area (Å²) >= 11 is 0. The van der Waals surface area contributed by atoms with Gasteiger partial charge in [-0.05, 0) is 31.7 Å². The number of halogens is 1. The van der Waals surface area contributed by atoms with Crippen LogP contribution < -0.4 is 0 Å². The van der Waals surface area contributed by atoms with Gasteiger partial charge in [-0.25, -0.2) is 4.39 Å². The lowest BCUT2D eigenvalue weighted by Crippen LogP contribution is -2.38. The summed E-state index contributed by atoms with van der Waals surface area (Å²) in [5.74, 6) is -0.294. The molecule has 19 heavy (non-hydrogen) atoms. The van der Waals surface area contributed by atoms with E-state index in [1.165, 1.54) is 44.6 Å². The minimum absolute atomic E-state index is 0.294. The molecule has 0 radical (unpaired) electrons. The summed E-state index contributed by atoms with van der Waals surface area (Å²) in [4.78, 5) is 2.43. The molecule has 3 heteroatoms. The van der Waals surface area contributed by atoms with E-state index in [-0.39, 0.29) is 5.82 Å². The van der Waals surface area contributed by atoms with Gasteiger partial charge < -0.3 is 5.11 Å². The molecule has 3 rings (SSSR count). The lowest BCUT2D eigenvalue weighted by atomic mass is 10.1. The highest BCUT2D eigenvalue weighted by Crippen LogP contribution is 2.35. The van der Waals surface area contributed by atoms with E-state index in [1.54, 1.807) is 18.2 Å². The number of rotatable bonds is 5. The summed E-state index contributed by atoms with van der Waals surface area (Å²) in [7, 11) is 0. The van der Waals surface area contributed by atoms with Crippen molar-refractivity contribution in [2.24, 2.45) is 0 Å². The maximum atomic E-state index is 13.7. The second-order valence-corrected chi connectivity index (χ2v) is 5.90. The van der Waals surface area contributed by atoms with E-state index in [4.69, 9.17) is 0 Å². The quantitative estimate of drug-likeness (QED) is 0.881. The molecule has 0 aromatic heterocycles. The Morgan fingerprint density at radius 2 is 1.74 bits per heavy atom. The predicted octanol–water partition coefficient (Wildman–Crippen LogP) is 3.27. The first kappa shape index (κ1) is 13.1. The van der Waals surface area contributed by atoms with Gasteiger partial charge in [0.2, 0.25) is 0 Å². The first-order valence-electron chi connectivity index (χ1n) is 7.44. The third-order valence-corrected chi connectivity index (χ3v) is 4.46. The van der Waals surface area contributed by atoms with Crippen LogP contribution in [-0.4, -0.2) is 28.6 Å². The Labute approximate surface area is 114 Å². The minimum Gasteiger partial charge on any atom is -0.387 e. The summed E-state index contributed by atoms with van der Waals surface area (Å²) in [6.45, 7) is 0.580. The molecule has 1 N–H and O–H groups in total. The molecule has 2 aliphatic carbocycles. The summed E-state index contributed by atoms with van der Waals surface area (Å²) in [6.07, 6.45) is 6.83. The highest BCUT2D eigenvalue weighted by atomic mass is 19.1. The van der Waals surface area contributed by atoms with Crippen molar-refractivity contribution in [1.82, 2.24) is 4.90 Å². The van der Waals surface area contributed by atoms with Crippen molar-refractivity contribution in [2.45, 2.75) is 56.7 Å². The molecule has 1 aromatic rings.